The highest BCUT2D eigenvalue weighted by Gasteiger charge is 2.13. The van der Waals surface area contributed by atoms with Crippen molar-refractivity contribution in [2.45, 2.75) is 26.3 Å². The lowest BCUT2D eigenvalue weighted by atomic mass is 10.0. The lowest BCUT2D eigenvalue weighted by molar-refractivity contribution is 0.0978. The Labute approximate surface area is 101 Å². The highest BCUT2D eigenvalue weighted by molar-refractivity contribution is 5.30. The number of benzene rings is 1. The molecule has 0 spiro atoms. The third kappa shape index (κ3) is 4.79. The number of alkyl halides is 2. The van der Waals surface area contributed by atoms with Crippen molar-refractivity contribution >= 4 is 0 Å². The van der Waals surface area contributed by atoms with Crippen LogP contribution in [0, 0.1) is 13.8 Å². The molecule has 0 saturated heterocycles. The summed E-state index contributed by atoms with van der Waals surface area (Å²) in [6.45, 7) is 4.21. The highest BCUT2D eigenvalue weighted by Crippen LogP contribution is 2.16. The standard InChI is InChI=1S/C13H20F2N2/c1-9-4-10(2)6-11(5-9)12(16)7-17(3)8-13(14)15/h4-6,12-13H,7-8,16H2,1-3H3. The first-order valence-electron chi connectivity index (χ1n) is 5.69. The fourth-order valence-electron chi connectivity index (χ4n) is 1.98. The van der Waals surface area contributed by atoms with Crippen molar-refractivity contribution < 1.29 is 8.78 Å². The fourth-order valence-corrected chi connectivity index (χ4v) is 1.98. The van der Waals surface area contributed by atoms with Gasteiger partial charge in [0, 0.05) is 12.6 Å². The minimum Gasteiger partial charge on any atom is -0.323 e. The van der Waals surface area contributed by atoms with Gasteiger partial charge < -0.3 is 5.73 Å². The van der Waals surface area contributed by atoms with E-state index in [1.165, 1.54) is 0 Å². The number of likely N-dealkylation sites (N-methyl/N-ethyl adjacent to an activating group) is 1. The first kappa shape index (κ1) is 14.1. The van der Waals surface area contributed by atoms with Crippen LogP contribution in [0.2, 0.25) is 0 Å². The summed E-state index contributed by atoms with van der Waals surface area (Å²) in [7, 11) is 1.66. The van der Waals surface area contributed by atoms with Gasteiger partial charge >= 0.3 is 0 Å². The molecule has 0 amide bonds. The molecule has 0 fully saturated rings. The van der Waals surface area contributed by atoms with Crippen molar-refractivity contribution in [1.29, 1.82) is 0 Å². The molecule has 4 heteroatoms. The van der Waals surface area contributed by atoms with Crippen LogP contribution in [0.3, 0.4) is 0 Å². The van der Waals surface area contributed by atoms with Gasteiger partial charge in [0.25, 0.3) is 6.43 Å². The van der Waals surface area contributed by atoms with Crippen molar-refractivity contribution in [2.24, 2.45) is 5.73 Å². The molecule has 0 aliphatic heterocycles. The van der Waals surface area contributed by atoms with Crippen LogP contribution < -0.4 is 5.73 Å². The van der Waals surface area contributed by atoms with Crippen LogP contribution in [-0.4, -0.2) is 31.5 Å². The van der Waals surface area contributed by atoms with E-state index in [0.29, 0.717) is 6.54 Å². The third-order valence-electron chi connectivity index (χ3n) is 2.63. The number of nitrogens with zero attached hydrogens (tertiary/aromatic N) is 1. The molecule has 0 saturated carbocycles. The Hall–Kier alpha value is -1.00. The topological polar surface area (TPSA) is 29.3 Å². The molecule has 96 valence electrons. The van der Waals surface area contributed by atoms with Crippen LogP contribution in [0.4, 0.5) is 8.78 Å². The van der Waals surface area contributed by atoms with Gasteiger partial charge in [-0.2, -0.15) is 0 Å². The van der Waals surface area contributed by atoms with E-state index in [-0.39, 0.29) is 12.6 Å². The van der Waals surface area contributed by atoms with Crippen LogP contribution in [0.1, 0.15) is 22.7 Å². The third-order valence-corrected chi connectivity index (χ3v) is 2.63. The first-order chi connectivity index (χ1) is 7.88. The van der Waals surface area contributed by atoms with E-state index in [1.54, 1.807) is 11.9 Å². The molecule has 0 aromatic heterocycles. The average Bonchev–Trinajstić information content (AvgIpc) is 2.14. The van der Waals surface area contributed by atoms with Crippen molar-refractivity contribution in [3.05, 3.63) is 34.9 Å². The largest absolute Gasteiger partial charge is 0.323 e. The van der Waals surface area contributed by atoms with Crippen LogP contribution in [0.5, 0.6) is 0 Å². The fraction of sp³-hybridized carbons (Fsp3) is 0.538. The van der Waals surface area contributed by atoms with Gasteiger partial charge in [0.1, 0.15) is 0 Å². The normalized spacial score (nSPS) is 13.4. The molecule has 1 aromatic rings. The zero-order valence-electron chi connectivity index (χ0n) is 10.6. The van der Waals surface area contributed by atoms with Gasteiger partial charge in [-0.3, -0.25) is 4.90 Å². The maximum atomic E-state index is 12.2. The molecule has 1 unspecified atom stereocenters. The van der Waals surface area contributed by atoms with E-state index in [4.69, 9.17) is 5.73 Å². The summed E-state index contributed by atoms with van der Waals surface area (Å²) >= 11 is 0. The Kier molecular flexibility index (Phi) is 5.02. The molecule has 0 bridgehead atoms. The highest BCUT2D eigenvalue weighted by atomic mass is 19.3. The van der Waals surface area contributed by atoms with Crippen LogP contribution in [0.15, 0.2) is 18.2 Å². The molecule has 0 aliphatic rings. The summed E-state index contributed by atoms with van der Waals surface area (Å²) in [5, 5.41) is 0. The van der Waals surface area contributed by atoms with Crippen LogP contribution >= 0.6 is 0 Å². The summed E-state index contributed by atoms with van der Waals surface area (Å²) in [5.74, 6) is 0. The van der Waals surface area contributed by atoms with Gasteiger partial charge in [-0.1, -0.05) is 29.3 Å². The average molecular weight is 242 g/mol. The van der Waals surface area contributed by atoms with Gasteiger partial charge in [-0.05, 0) is 26.5 Å². The summed E-state index contributed by atoms with van der Waals surface area (Å²) in [5.41, 5.74) is 9.32. The van der Waals surface area contributed by atoms with E-state index < -0.39 is 6.43 Å². The number of halogens is 2. The van der Waals surface area contributed by atoms with E-state index in [1.807, 2.05) is 26.0 Å². The molecule has 1 rings (SSSR count). The van der Waals surface area contributed by atoms with Gasteiger partial charge in [-0.15, -0.1) is 0 Å². The summed E-state index contributed by atoms with van der Waals surface area (Å²) < 4.78 is 24.4. The lowest BCUT2D eigenvalue weighted by Gasteiger charge is -2.21. The first-order valence-corrected chi connectivity index (χ1v) is 5.69. The van der Waals surface area contributed by atoms with Crippen molar-refractivity contribution in [1.82, 2.24) is 4.90 Å². The van der Waals surface area contributed by atoms with Gasteiger partial charge in [0.15, 0.2) is 0 Å². The molecule has 2 N–H and O–H groups in total. The van der Waals surface area contributed by atoms with Gasteiger partial charge in [0.05, 0.1) is 6.54 Å². The van der Waals surface area contributed by atoms with E-state index >= 15 is 0 Å². The molecule has 2 nitrogen and oxygen atoms in total. The Balaban J connectivity index is 2.66. The zero-order valence-corrected chi connectivity index (χ0v) is 10.6. The van der Waals surface area contributed by atoms with E-state index in [0.717, 1.165) is 16.7 Å². The Morgan fingerprint density at radius 1 is 1.12 bits per heavy atom. The number of nitrogens with two attached hydrogens (primary N) is 1. The SMILES string of the molecule is Cc1cc(C)cc(C(N)CN(C)CC(F)F)c1. The Morgan fingerprint density at radius 2 is 1.65 bits per heavy atom. The van der Waals surface area contributed by atoms with Crippen molar-refractivity contribution in [3.8, 4) is 0 Å². The van der Waals surface area contributed by atoms with Gasteiger partial charge in [0.2, 0.25) is 0 Å². The second-order valence-electron chi connectivity index (χ2n) is 4.64. The van der Waals surface area contributed by atoms with E-state index in [2.05, 4.69) is 6.07 Å². The Morgan fingerprint density at radius 3 is 2.12 bits per heavy atom. The predicted molar refractivity (Wildman–Crippen MR) is 66.3 cm³/mol. The number of aryl methyl sites for hydroxylation is 2. The Bertz CT molecular complexity index is 346. The maximum absolute atomic E-state index is 12.2. The molecule has 0 radical (unpaired) electrons. The van der Waals surface area contributed by atoms with Crippen molar-refractivity contribution in [3.63, 3.8) is 0 Å². The monoisotopic (exact) mass is 242 g/mol. The lowest BCUT2D eigenvalue weighted by Crippen LogP contribution is -2.32. The van der Waals surface area contributed by atoms with Crippen LogP contribution in [-0.2, 0) is 0 Å². The molecule has 17 heavy (non-hydrogen) atoms. The van der Waals surface area contributed by atoms with Gasteiger partial charge in [-0.25, -0.2) is 8.78 Å². The minimum absolute atomic E-state index is 0.225. The molecule has 1 aromatic carbocycles. The minimum atomic E-state index is -2.31. The molecular weight excluding hydrogens is 222 g/mol. The molecule has 0 aliphatic carbocycles. The smallest absolute Gasteiger partial charge is 0.251 e. The molecule has 1 atom stereocenters. The molecular formula is C13H20F2N2. The summed E-state index contributed by atoms with van der Waals surface area (Å²) in [6.07, 6.45) is -2.31. The maximum Gasteiger partial charge on any atom is 0.251 e. The number of hydrogen-bond donors (Lipinski definition) is 1. The van der Waals surface area contributed by atoms with E-state index in [9.17, 15) is 8.78 Å². The molecule has 0 heterocycles. The zero-order chi connectivity index (χ0) is 13.0. The number of hydrogen-bond acceptors (Lipinski definition) is 2. The summed E-state index contributed by atoms with van der Waals surface area (Å²) in [4.78, 5) is 1.56. The second kappa shape index (κ2) is 6.07. The quantitative estimate of drug-likeness (QED) is 0.859. The number of rotatable bonds is 5. The second-order valence-corrected chi connectivity index (χ2v) is 4.64. The predicted octanol–water partition coefficient (Wildman–Crippen LogP) is 2.50. The summed E-state index contributed by atoms with van der Waals surface area (Å²) in [6, 6.07) is 5.86. The van der Waals surface area contributed by atoms with Crippen LogP contribution in [0.25, 0.3) is 0 Å². The van der Waals surface area contributed by atoms with Crippen molar-refractivity contribution in [2.75, 3.05) is 20.1 Å².